The van der Waals surface area contributed by atoms with Gasteiger partial charge in [-0.05, 0) is 39.2 Å². The Hall–Kier alpha value is -1.27. The van der Waals surface area contributed by atoms with Gasteiger partial charge < -0.3 is 9.84 Å². The highest BCUT2D eigenvalue weighted by molar-refractivity contribution is 7.09. The highest BCUT2D eigenvalue weighted by atomic mass is 32.1. The van der Waals surface area contributed by atoms with Gasteiger partial charge in [0.25, 0.3) is 0 Å². The Labute approximate surface area is 129 Å². The van der Waals surface area contributed by atoms with E-state index < -0.39 is 0 Å². The largest absolute Gasteiger partial charge is 0.339 e. The molecule has 0 unspecified atom stereocenters. The SMILES string of the molecule is CCNC1CCC(c2nc(Cc3csc(C)n3)no2)CC1. The second-order valence-electron chi connectivity index (χ2n) is 5.69. The quantitative estimate of drug-likeness (QED) is 0.919. The number of rotatable bonds is 5. The zero-order valence-electron chi connectivity index (χ0n) is 12.6. The lowest BCUT2D eigenvalue weighted by molar-refractivity contribution is 0.284. The standard InChI is InChI=1S/C15H22N4OS/c1-3-16-12-6-4-11(5-7-12)15-18-14(19-20-15)8-13-9-21-10(2)17-13/h9,11-12,16H,3-8H2,1-2H3. The first-order chi connectivity index (χ1) is 10.2. The van der Waals surface area contributed by atoms with Gasteiger partial charge >= 0.3 is 0 Å². The molecule has 2 aromatic rings. The van der Waals surface area contributed by atoms with Crippen molar-refractivity contribution in [1.82, 2.24) is 20.4 Å². The highest BCUT2D eigenvalue weighted by Gasteiger charge is 2.26. The molecule has 2 aromatic heterocycles. The Bertz CT molecular complexity index is 572. The maximum absolute atomic E-state index is 5.47. The second kappa shape index (κ2) is 6.66. The maximum Gasteiger partial charge on any atom is 0.229 e. The third kappa shape index (κ3) is 3.68. The number of nitrogens with one attached hydrogen (secondary N) is 1. The van der Waals surface area contributed by atoms with Gasteiger partial charge in [-0.15, -0.1) is 11.3 Å². The first-order valence-corrected chi connectivity index (χ1v) is 8.59. The van der Waals surface area contributed by atoms with E-state index in [2.05, 4.69) is 32.7 Å². The first kappa shape index (κ1) is 14.7. The molecule has 6 heteroatoms. The molecule has 114 valence electrons. The van der Waals surface area contributed by atoms with Crippen molar-refractivity contribution in [3.63, 3.8) is 0 Å². The van der Waals surface area contributed by atoms with Gasteiger partial charge in [-0.3, -0.25) is 0 Å². The van der Waals surface area contributed by atoms with Crippen molar-refractivity contribution in [2.75, 3.05) is 6.54 Å². The molecular formula is C15H22N4OS. The van der Waals surface area contributed by atoms with Gasteiger partial charge in [-0.1, -0.05) is 12.1 Å². The predicted octanol–water partition coefficient (Wildman–Crippen LogP) is 3.06. The average molecular weight is 306 g/mol. The Morgan fingerprint density at radius 2 is 2.10 bits per heavy atom. The topological polar surface area (TPSA) is 63.8 Å². The van der Waals surface area contributed by atoms with Crippen molar-refractivity contribution >= 4 is 11.3 Å². The summed E-state index contributed by atoms with van der Waals surface area (Å²) in [6.45, 7) is 5.22. The lowest BCUT2D eigenvalue weighted by Crippen LogP contribution is -2.32. The monoisotopic (exact) mass is 306 g/mol. The second-order valence-corrected chi connectivity index (χ2v) is 6.75. The van der Waals surface area contributed by atoms with E-state index in [1.54, 1.807) is 11.3 Å². The number of nitrogens with zero attached hydrogens (tertiary/aromatic N) is 3. The van der Waals surface area contributed by atoms with Crippen LogP contribution in [0.25, 0.3) is 0 Å². The van der Waals surface area contributed by atoms with Gasteiger partial charge in [-0.25, -0.2) is 4.98 Å². The van der Waals surface area contributed by atoms with Crippen LogP contribution in [0.2, 0.25) is 0 Å². The summed E-state index contributed by atoms with van der Waals surface area (Å²) in [5.74, 6) is 1.99. The molecule has 0 aliphatic heterocycles. The Morgan fingerprint density at radius 3 is 2.76 bits per heavy atom. The van der Waals surface area contributed by atoms with Crippen LogP contribution in [0.4, 0.5) is 0 Å². The average Bonchev–Trinajstić information content (AvgIpc) is 3.10. The zero-order chi connectivity index (χ0) is 14.7. The van der Waals surface area contributed by atoms with Crippen LogP contribution < -0.4 is 5.32 Å². The van der Waals surface area contributed by atoms with Gasteiger partial charge in [0.1, 0.15) is 0 Å². The number of aryl methyl sites for hydroxylation is 1. The molecule has 1 N–H and O–H groups in total. The third-order valence-electron chi connectivity index (χ3n) is 4.06. The molecule has 0 atom stereocenters. The van der Waals surface area contributed by atoms with Crippen LogP contribution in [0.5, 0.6) is 0 Å². The van der Waals surface area contributed by atoms with Crippen LogP contribution in [0.3, 0.4) is 0 Å². The third-order valence-corrected chi connectivity index (χ3v) is 4.88. The summed E-state index contributed by atoms with van der Waals surface area (Å²) >= 11 is 1.66. The van der Waals surface area contributed by atoms with Crippen LogP contribution >= 0.6 is 11.3 Å². The molecule has 1 aliphatic rings. The fraction of sp³-hybridized carbons (Fsp3) is 0.667. The summed E-state index contributed by atoms with van der Waals surface area (Å²) in [6.07, 6.45) is 5.33. The van der Waals surface area contributed by atoms with Crippen LogP contribution in [-0.4, -0.2) is 27.7 Å². The van der Waals surface area contributed by atoms with Crippen molar-refractivity contribution in [2.24, 2.45) is 0 Å². The molecule has 1 saturated carbocycles. The van der Waals surface area contributed by atoms with E-state index in [4.69, 9.17) is 4.52 Å². The zero-order valence-corrected chi connectivity index (χ0v) is 13.4. The molecule has 3 rings (SSSR count). The summed E-state index contributed by atoms with van der Waals surface area (Å²) in [5, 5.41) is 10.8. The minimum Gasteiger partial charge on any atom is -0.339 e. The van der Waals surface area contributed by atoms with Crippen LogP contribution in [-0.2, 0) is 6.42 Å². The van der Waals surface area contributed by atoms with Crippen LogP contribution in [0.1, 0.15) is 60.9 Å². The van der Waals surface area contributed by atoms with Crippen molar-refractivity contribution < 1.29 is 4.52 Å². The first-order valence-electron chi connectivity index (χ1n) is 7.71. The summed E-state index contributed by atoms with van der Waals surface area (Å²) < 4.78 is 5.47. The van der Waals surface area contributed by atoms with Crippen LogP contribution in [0, 0.1) is 6.92 Å². The number of hydrogen-bond donors (Lipinski definition) is 1. The van der Waals surface area contributed by atoms with E-state index in [9.17, 15) is 0 Å². The molecule has 0 radical (unpaired) electrons. The lowest BCUT2D eigenvalue weighted by Gasteiger charge is -2.26. The molecule has 5 nitrogen and oxygen atoms in total. The Kier molecular flexibility index (Phi) is 4.65. The van der Waals surface area contributed by atoms with Crippen molar-refractivity contribution in [1.29, 1.82) is 0 Å². The Balaban J connectivity index is 1.58. The fourth-order valence-corrected chi connectivity index (χ4v) is 3.60. The predicted molar refractivity (Wildman–Crippen MR) is 82.6 cm³/mol. The molecule has 2 heterocycles. The van der Waals surface area contributed by atoms with E-state index in [0.29, 0.717) is 18.4 Å². The molecule has 0 spiro atoms. The minimum absolute atomic E-state index is 0.429. The lowest BCUT2D eigenvalue weighted by atomic mass is 9.86. The van der Waals surface area contributed by atoms with E-state index in [-0.39, 0.29) is 0 Å². The summed E-state index contributed by atoms with van der Waals surface area (Å²) in [6, 6.07) is 0.659. The van der Waals surface area contributed by atoms with Crippen molar-refractivity contribution in [2.45, 2.75) is 57.9 Å². The summed E-state index contributed by atoms with van der Waals surface area (Å²) in [4.78, 5) is 9.02. The van der Waals surface area contributed by atoms with Gasteiger partial charge in [-0.2, -0.15) is 4.98 Å². The van der Waals surface area contributed by atoms with Gasteiger partial charge in [0.15, 0.2) is 5.82 Å². The van der Waals surface area contributed by atoms with E-state index in [1.165, 1.54) is 12.8 Å². The Morgan fingerprint density at radius 1 is 1.29 bits per heavy atom. The molecule has 0 bridgehead atoms. The molecule has 1 fully saturated rings. The molecule has 1 aliphatic carbocycles. The summed E-state index contributed by atoms with van der Waals surface area (Å²) in [5.41, 5.74) is 1.03. The van der Waals surface area contributed by atoms with Gasteiger partial charge in [0.2, 0.25) is 5.89 Å². The molecular weight excluding hydrogens is 284 g/mol. The van der Waals surface area contributed by atoms with E-state index in [1.807, 2.05) is 6.92 Å². The van der Waals surface area contributed by atoms with Gasteiger partial charge in [0, 0.05) is 17.3 Å². The normalized spacial score (nSPS) is 22.6. The fourth-order valence-electron chi connectivity index (χ4n) is 2.99. The number of thiazole rings is 1. The smallest absolute Gasteiger partial charge is 0.229 e. The van der Waals surface area contributed by atoms with Crippen LogP contribution in [0.15, 0.2) is 9.90 Å². The van der Waals surface area contributed by atoms with E-state index in [0.717, 1.165) is 41.8 Å². The van der Waals surface area contributed by atoms with Gasteiger partial charge in [0.05, 0.1) is 17.1 Å². The summed E-state index contributed by atoms with van der Waals surface area (Å²) in [7, 11) is 0. The van der Waals surface area contributed by atoms with Crippen molar-refractivity contribution in [3.05, 3.63) is 27.8 Å². The number of aromatic nitrogens is 3. The molecule has 0 aromatic carbocycles. The molecule has 0 amide bonds. The number of hydrogen-bond acceptors (Lipinski definition) is 6. The molecule has 0 saturated heterocycles. The van der Waals surface area contributed by atoms with Crippen molar-refractivity contribution in [3.8, 4) is 0 Å². The minimum atomic E-state index is 0.429. The maximum atomic E-state index is 5.47. The van der Waals surface area contributed by atoms with E-state index >= 15 is 0 Å². The molecule has 21 heavy (non-hydrogen) atoms. The highest BCUT2D eigenvalue weighted by Crippen LogP contribution is 2.32.